The van der Waals surface area contributed by atoms with Crippen molar-refractivity contribution in [1.29, 1.82) is 0 Å². The van der Waals surface area contributed by atoms with Crippen molar-refractivity contribution in [1.82, 2.24) is 24.1 Å². The number of fused-ring (bicyclic) bond motifs is 12. The van der Waals surface area contributed by atoms with E-state index in [1.54, 1.807) is 0 Å². The Kier molecular flexibility index (Phi) is 7.64. The molecule has 4 heterocycles. The molecule has 0 amide bonds. The zero-order valence-electron chi connectivity index (χ0n) is 35.6. The van der Waals surface area contributed by atoms with Gasteiger partial charge < -0.3 is 4.57 Å². The minimum absolute atomic E-state index is 0.0570. The quantitative estimate of drug-likeness (QED) is 0.178. The van der Waals surface area contributed by atoms with Crippen molar-refractivity contribution in [2.45, 2.75) is 51.4 Å². The highest BCUT2D eigenvalue weighted by Crippen LogP contribution is 2.50. The van der Waals surface area contributed by atoms with Gasteiger partial charge in [-0.15, -0.1) is 11.3 Å². The van der Waals surface area contributed by atoms with Gasteiger partial charge in [-0.2, -0.15) is 9.97 Å². The van der Waals surface area contributed by atoms with Crippen molar-refractivity contribution in [2.24, 2.45) is 0 Å². The molecular formula is C57H43N5S. The molecule has 0 aliphatic heterocycles. The lowest BCUT2D eigenvalue weighted by Gasteiger charge is -2.42. The third-order valence-corrected chi connectivity index (χ3v) is 15.2. The van der Waals surface area contributed by atoms with Crippen LogP contribution in [0.4, 0.5) is 0 Å². The molecule has 6 heteroatoms. The molecule has 0 N–H and O–H groups in total. The van der Waals surface area contributed by atoms with Crippen LogP contribution in [-0.4, -0.2) is 24.1 Å². The molecule has 0 fully saturated rings. The van der Waals surface area contributed by atoms with Gasteiger partial charge in [0.25, 0.3) is 0 Å². The topological polar surface area (TPSA) is 48.5 Å². The summed E-state index contributed by atoms with van der Waals surface area (Å²) >= 11 is 1.81. The SMILES string of the molecule is CC1(C)CCC(C)(C)c2cc3c(cc21)c1c2c4ccccc4n(-c4nc(-c5ccc6ccccc6c5)nc(-c5ccc6c(c5)sc5ccccc56)n4)c2ccc1n3-c1ccccc1. The third kappa shape index (κ3) is 5.44. The maximum Gasteiger partial charge on any atom is 0.238 e. The largest absolute Gasteiger partial charge is 0.309 e. The highest BCUT2D eigenvalue weighted by molar-refractivity contribution is 7.25. The van der Waals surface area contributed by atoms with E-state index in [0.717, 1.165) is 46.1 Å². The first kappa shape index (κ1) is 36.5. The Morgan fingerprint density at radius 2 is 1.03 bits per heavy atom. The zero-order valence-corrected chi connectivity index (χ0v) is 36.5. The van der Waals surface area contributed by atoms with Gasteiger partial charge in [-0.3, -0.25) is 4.57 Å². The predicted molar refractivity (Wildman–Crippen MR) is 265 cm³/mol. The zero-order chi connectivity index (χ0) is 42.2. The molecule has 0 radical (unpaired) electrons. The van der Waals surface area contributed by atoms with E-state index >= 15 is 0 Å². The molecule has 63 heavy (non-hydrogen) atoms. The van der Waals surface area contributed by atoms with Gasteiger partial charge in [-0.25, -0.2) is 4.98 Å². The monoisotopic (exact) mass is 829 g/mol. The van der Waals surface area contributed by atoms with E-state index in [0.29, 0.717) is 17.6 Å². The van der Waals surface area contributed by atoms with Crippen LogP contribution in [0, 0.1) is 0 Å². The highest BCUT2D eigenvalue weighted by Gasteiger charge is 2.38. The maximum absolute atomic E-state index is 5.42. The van der Waals surface area contributed by atoms with Crippen molar-refractivity contribution < 1.29 is 0 Å². The minimum atomic E-state index is 0.0570. The first-order valence-electron chi connectivity index (χ1n) is 22.0. The number of hydrogen-bond acceptors (Lipinski definition) is 4. The predicted octanol–water partition coefficient (Wildman–Crippen LogP) is 15.3. The lowest BCUT2D eigenvalue weighted by molar-refractivity contribution is 0.332. The average Bonchev–Trinajstić information content (AvgIpc) is 3.97. The van der Waals surface area contributed by atoms with E-state index in [-0.39, 0.29) is 10.8 Å². The van der Waals surface area contributed by atoms with Crippen LogP contribution >= 0.6 is 11.3 Å². The Labute approximate surface area is 368 Å². The van der Waals surface area contributed by atoms with E-state index in [1.165, 1.54) is 69.3 Å². The summed E-state index contributed by atoms with van der Waals surface area (Å²) in [5, 5.41) is 9.75. The van der Waals surface area contributed by atoms with E-state index in [9.17, 15) is 0 Å². The van der Waals surface area contributed by atoms with E-state index in [4.69, 9.17) is 15.0 Å². The molecule has 1 aliphatic carbocycles. The molecule has 0 unspecified atom stereocenters. The summed E-state index contributed by atoms with van der Waals surface area (Å²) in [5.41, 5.74) is 10.7. The standard InChI is InChI=1S/C57H43N5S/c1-56(2)28-29-57(3,4)44-33-48-42(32-43(44)56)52-46(61(48)38-16-6-5-7-17-38)26-27-47-51(52)41-19-10-12-20-45(41)62(47)55-59-53(36-23-22-34-14-8-9-15-35(34)30-36)58-54(60-55)37-24-25-40-39-18-11-13-21-49(39)63-50(40)31-37/h5-27,30-33H,28-29H2,1-4H3. The average molecular weight is 830 g/mol. The van der Waals surface area contributed by atoms with Crippen molar-refractivity contribution in [3.63, 3.8) is 0 Å². The van der Waals surface area contributed by atoms with E-state index < -0.39 is 0 Å². The molecule has 8 aromatic carbocycles. The van der Waals surface area contributed by atoms with E-state index in [2.05, 4.69) is 201 Å². The van der Waals surface area contributed by atoms with Crippen molar-refractivity contribution in [3.05, 3.63) is 175 Å². The molecule has 0 spiro atoms. The summed E-state index contributed by atoms with van der Waals surface area (Å²) < 4.78 is 7.24. The van der Waals surface area contributed by atoms with Crippen LogP contribution in [0.5, 0.6) is 0 Å². The highest BCUT2D eigenvalue weighted by atomic mass is 32.1. The Balaban J connectivity index is 1.12. The van der Waals surface area contributed by atoms with Gasteiger partial charge in [-0.05, 0) is 106 Å². The smallest absolute Gasteiger partial charge is 0.238 e. The molecule has 0 saturated carbocycles. The van der Waals surface area contributed by atoms with Crippen molar-refractivity contribution in [2.75, 3.05) is 0 Å². The maximum atomic E-state index is 5.42. The number of aromatic nitrogens is 5. The van der Waals surface area contributed by atoms with Crippen LogP contribution in [0.25, 0.3) is 109 Å². The molecule has 12 aromatic rings. The van der Waals surface area contributed by atoms with Gasteiger partial charge in [-0.1, -0.05) is 131 Å². The van der Waals surface area contributed by atoms with Crippen LogP contribution in [0.1, 0.15) is 51.7 Å². The van der Waals surface area contributed by atoms with Gasteiger partial charge in [0.2, 0.25) is 5.95 Å². The summed E-state index contributed by atoms with van der Waals surface area (Å²) in [6.07, 6.45) is 2.32. The van der Waals surface area contributed by atoms with Gasteiger partial charge in [0, 0.05) is 58.5 Å². The molecule has 13 rings (SSSR count). The number of thiophene rings is 1. The fraction of sp³-hybridized carbons (Fsp3) is 0.140. The van der Waals surface area contributed by atoms with E-state index in [1.807, 2.05) is 11.3 Å². The Hall–Kier alpha value is -7.15. The van der Waals surface area contributed by atoms with Crippen molar-refractivity contribution >= 4 is 85.9 Å². The lowest BCUT2D eigenvalue weighted by Crippen LogP contribution is -2.33. The Morgan fingerprint density at radius 3 is 1.83 bits per heavy atom. The van der Waals surface area contributed by atoms with Gasteiger partial charge in [0.05, 0.1) is 22.1 Å². The number of benzene rings is 8. The molecule has 0 saturated heterocycles. The summed E-state index contributed by atoms with van der Waals surface area (Å²) in [4.78, 5) is 16.1. The molecular weight excluding hydrogens is 787 g/mol. The van der Waals surface area contributed by atoms with Crippen LogP contribution in [0.2, 0.25) is 0 Å². The first-order valence-corrected chi connectivity index (χ1v) is 22.8. The van der Waals surface area contributed by atoms with Crippen molar-refractivity contribution in [3.8, 4) is 34.4 Å². The first-order chi connectivity index (χ1) is 30.7. The number of para-hydroxylation sites is 2. The summed E-state index contributed by atoms with van der Waals surface area (Å²) in [6.45, 7) is 9.69. The molecule has 5 nitrogen and oxygen atoms in total. The Morgan fingerprint density at radius 1 is 0.429 bits per heavy atom. The van der Waals surface area contributed by atoms with Gasteiger partial charge >= 0.3 is 0 Å². The summed E-state index contributed by atoms with van der Waals surface area (Å²) in [6, 6.07) is 59.6. The second-order valence-electron chi connectivity index (χ2n) is 18.7. The number of rotatable bonds is 4. The third-order valence-electron chi connectivity index (χ3n) is 14.0. The van der Waals surface area contributed by atoms with Gasteiger partial charge in [0.15, 0.2) is 11.6 Å². The van der Waals surface area contributed by atoms with Crippen LogP contribution in [0.15, 0.2) is 164 Å². The number of nitrogens with zero attached hydrogens (tertiary/aromatic N) is 5. The summed E-state index contributed by atoms with van der Waals surface area (Å²) in [7, 11) is 0. The Bertz CT molecular complexity index is 3870. The molecule has 302 valence electrons. The fourth-order valence-corrected chi connectivity index (χ4v) is 11.8. The van der Waals surface area contributed by atoms with Gasteiger partial charge in [0.1, 0.15) is 0 Å². The summed E-state index contributed by atoms with van der Waals surface area (Å²) in [5.74, 6) is 1.88. The van der Waals surface area contributed by atoms with Crippen LogP contribution in [-0.2, 0) is 10.8 Å². The normalized spacial score (nSPS) is 14.8. The molecule has 0 atom stereocenters. The minimum Gasteiger partial charge on any atom is -0.309 e. The number of hydrogen-bond donors (Lipinski definition) is 0. The second-order valence-corrected chi connectivity index (χ2v) is 19.8. The molecule has 0 bridgehead atoms. The fourth-order valence-electron chi connectivity index (χ4n) is 10.6. The van der Waals surface area contributed by atoms with Crippen LogP contribution in [0.3, 0.4) is 0 Å². The molecule has 1 aliphatic rings. The lowest BCUT2D eigenvalue weighted by atomic mass is 9.63. The second kappa shape index (κ2) is 13.2. The molecule has 4 aromatic heterocycles. The van der Waals surface area contributed by atoms with Crippen LogP contribution < -0.4 is 0 Å².